The van der Waals surface area contributed by atoms with Gasteiger partial charge in [0.05, 0.1) is 14.2 Å². The lowest BCUT2D eigenvalue weighted by Crippen LogP contribution is -2.29. The lowest BCUT2D eigenvalue weighted by Gasteiger charge is -2.14. The Hall–Kier alpha value is -1.31. The van der Waals surface area contributed by atoms with E-state index in [4.69, 9.17) is 14.6 Å². The zero-order chi connectivity index (χ0) is 15.2. The number of rotatable bonds is 8. The summed E-state index contributed by atoms with van der Waals surface area (Å²) < 4.78 is 37.1. The number of ether oxygens (including phenoxy) is 2. The van der Waals surface area contributed by atoms with E-state index in [1.54, 1.807) is 6.07 Å². The lowest BCUT2D eigenvalue weighted by molar-refractivity contribution is 0.263. The molecule has 1 aromatic rings. The fraction of sp³-hybridized carbons (Fsp3) is 0.538. The fourth-order valence-electron chi connectivity index (χ4n) is 1.65. The van der Waals surface area contributed by atoms with Crippen LogP contribution < -0.4 is 14.2 Å². The van der Waals surface area contributed by atoms with Crippen LogP contribution in [0.4, 0.5) is 0 Å². The van der Waals surface area contributed by atoms with Gasteiger partial charge in [0.25, 0.3) is 0 Å². The SMILES string of the molecule is COc1ccc(S(=O)(=O)NCC(C)CCO)c(OC)c1. The molecule has 0 spiro atoms. The summed E-state index contributed by atoms with van der Waals surface area (Å²) in [6, 6.07) is 4.52. The molecule has 0 aliphatic heterocycles. The molecule has 0 saturated carbocycles. The van der Waals surface area contributed by atoms with E-state index >= 15 is 0 Å². The Kier molecular flexibility index (Phi) is 6.25. The van der Waals surface area contributed by atoms with Gasteiger partial charge in [-0.25, -0.2) is 13.1 Å². The molecule has 0 saturated heterocycles. The van der Waals surface area contributed by atoms with Crippen LogP contribution in [0.2, 0.25) is 0 Å². The minimum absolute atomic E-state index is 0.0365. The first-order valence-corrected chi connectivity index (χ1v) is 7.75. The largest absolute Gasteiger partial charge is 0.497 e. The summed E-state index contributed by atoms with van der Waals surface area (Å²) in [5.74, 6) is 0.806. The average molecular weight is 303 g/mol. The maximum absolute atomic E-state index is 12.2. The monoisotopic (exact) mass is 303 g/mol. The lowest BCUT2D eigenvalue weighted by atomic mass is 10.1. The topological polar surface area (TPSA) is 84.9 Å². The number of methoxy groups -OCH3 is 2. The van der Waals surface area contributed by atoms with Gasteiger partial charge in [-0.15, -0.1) is 0 Å². The molecular weight excluding hydrogens is 282 g/mol. The van der Waals surface area contributed by atoms with Crippen molar-refractivity contribution in [1.29, 1.82) is 0 Å². The number of benzene rings is 1. The number of aliphatic hydroxyl groups excluding tert-OH is 1. The number of nitrogens with one attached hydrogen (secondary N) is 1. The highest BCUT2D eigenvalue weighted by molar-refractivity contribution is 7.89. The van der Waals surface area contributed by atoms with Gasteiger partial charge in [0.1, 0.15) is 16.4 Å². The Morgan fingerprint density at radius 3 is 2.55 bits per heavy atom. The number of hydrogen-bond acceptors (Lipinski definition) is 5. The van der Waals surface area contributed by atoms with Gasteiger partial charge >= 0.3 is 0 Å². The first-order chi connectivity index (χ1) is 9.44. The quantitative estimate of drug-likeness (QED) is 0.748. The van der Waals surface area contributed by atoms with E-state index in [1.165, 1.54) is 26.4 Å². The van der Waals surface area contributed by atoms with Crippen molar-refractivity contribution >= 4 is 10.0 Å². The molecule has 114 valence electrons. The van der Waals surface area contributed by atoms with Gasteiger partial charge in [-0.1, -0.05) is 6.92 Å². The van der Waals surface area contributed by atoms with Gasteiger partial charge in [0.15, 0.2) is 0 Å². The summed E-state index contributed by atoms with van der Waals surface area (Å²) in [4.78, 5) is 0.0667. The van der Waals surface area contributed by atoms with Crippen LogP contribution in [0.3, 0.4) is 0 Å². The van der Waals surface area contributed by atoms with Gasteiger partial charge in [0, 0.05) is 19.2 Å². The molecule has 1 rings (SSSR count). The Bertz CT molecular complexity index is 530. The standard InChI is InChI=1S/C13H21NO5S/c1-10(6-7-15)9-14-20(16,17)13-5-4-11(18-2)8-12(13)19-3/h4-5,8,10,14-15H,6-7,9H2,1-3H3. The summed E-state index contributed by atoms with van der Waals surface area (Å²) >= 11 is 0. The van der Waals surface area contributed by atoms with E-state index in [9.17, 15) is 8.42 Å². The molecule has 0 amide bonds. The average Bonchev–Trinajstić information content (AvgIpc) is 2.44. The molecule has 0 bridgehead atoms. The zero-order valence-corrected chi connectivity index (χ0v) is 12.7. The van der Waals surface area contributed by atoms with Gasteiger partial charge in [-0.05, 0) is 24.5 Å². The van der Waals surface area contributed by atoms with Crippen LogP contribution in [0.15, 0.2) is 23.1 Å². The fourth-order valence-corrected chi connectivity index (χ4v) is 2.96. The molecule has 6 nitrogen and oxygen atoms in total. The Morgan fingerprint density at radius 2 is 2.00 bits per heavy atom. The third-order valence-electron chi connectivity index (χ3n) is 2.90. The van der Waals surface area contributed by atoms with Crippen molar-refractivity contribution in [3.8, 4) is 11.5 Å². The second-order valence-electron chi connectivity index (χ2n) is 4.49. The second-order valence-corrected chi connectivity index (χ2v) is 6.22. The normalized spacial score (nSPS) is 13.0. The Morgan fingerprint density at radius 1 is 1.30 bits per heavy atom. The molecule has 0 fully saturated rings. The van der Waals surface area contributed by atoms with Crippen molar-refractivity contribution < 1.29 is 23.0 Å². The van der Waals surface area contributed by atoms with E-state index in [-0.39, 0.29) is 29.7 Å². The van der Waals surface area contributed by atoms with Crippen LogP contribution in [0.5, 0.6) is 11.5 Å². The van der Waals surface area contributed by atoms with Crippen LogP contribution in [-0.4, -0.2) is 40.9 Å². The van der Waals surface area contributed by atoms with Gasteiger partial charge < -0.3 is 14.6 Å². The van der Waals surface area contributed by atoms with Crippen LogP contribution in [0.25, 0.3) is 0 Å². The molecule has 0 radical (unpaired) electrons. The minimum atomic E-state index is -3.65. The van der Waals surface area contributed by atoms with E-state index in [0.717, 1.165) is 0 Å². The molecule has 0 aromatic heterocycles. The first kappa shape index (κ1) is 16.7. The highest BCUT2D eigenvalue weighted by Crippen LogP contribution is 2.28. The van der Waals surface area contributed by atoms with Crippen LogP contribution in [0.1, 0.15) is 13.3 Å². The molecule has 1 aromatic carbocycles. The molecule has 7 heteroatoms. The van der Waals surface area contributed by atoms with Crippen molar-refractivity contribution in [1.82, 2.24) is 4.72 Å². The summed E-state index contributed by atoms with van der Waals surface area (Å²) in [7, 11) is -0.751. The first-order valence-electron chi connectivity index (χ1n) is 6.27. The van der Waals surface area contributed by atoms with E-state index in [2.05, 4.69) is 4.72 Å². The van der Waals surface area contributed by atoms with Crippen LogP contribution in [-0.2, 0) is 10.0 Å². The number of sulfonamides is 1. The Balaban J connectivity index is 2.92. The third-order valence-corrected chi connectivity index (χ3v) is 4.37. The molecule has 20 heavy (non-hydrogen) atoms. The summed E-state index contributed by atoms with van der Waals surface area (Å²) in [5, 5.41) is 8.81. The zero-order valence-electron chi connectivity index (χ0n) is 11.9. The Labute approximate surface area is 119 Å². The van der Waals surface area contributed by atoms with E-state index in [0.29, 0.717) is 12.2 Å². The van der Waals surface area contributed by atoms with Crippen LogP contribution in [0, 0.1) is 5.92 Å². The number of aliphatic hydroxyl groups is 1. The van der Waals surface area contributed by atoms with Crippen molar-refractivity contribution in [2.75, 3.05) is 27.4 Å². The summed E-state index contributed by atoms with van der Waals surface area (Å²) in [5.41, 5.74) is 0. The van der Waals surface area contributed by atoms with E-state index in [1.807, 2.05) is 6.92 Å². The molecule has 0 aliphatic carbocycles. The van der Waals surface area contributed by atoms with Gasteiger partial charge in [-0.2, -0.15) is 0 Å². The highest BCUT2D eigenvalue weighted by atomic mass is 32.2. The molecule has 0 heterocycles. The summed E-state index contributed by atoms with van der Waals surface area (Å²) in [6.45, 7) is 2.16. The summed E-state index contributed by atoms with van der Waals surface area (Å²) in [6.07, 6.45) is 0.544. The van der Waals surface area contributed by atoms with Crippen molar-refractivity contribution in [2.45, 2.75) is 18.2 Å². The number of hydrogen-bond donors (Lipinski definition) is 2. The van der Waals surface area contributed by atoms with Crippen LogP contribution >= 0.6 is 0 Å². The molecule has 1 atom stereocenters. The predicted molar refractivity (Wildman–Crippen MR) is 75.6 cm³/mol. The van der Waals surface area contributed by atoms with Crippen molar-refractivity contribution in [2.24, 2.45) is 5.92 Å². The third kappa shape index (κ3) is 4.36. The van der Waals surface area contributed by atoms with Crippen molar-refractivity contribution in [3.63, 3.8) is 0 Å². The highest BCUT2D eigenvalue weighted by Gasteiger charge is 2.20. The van der Waals surface area contributed by atoms with Gasteiger partial charge in [0.2, 0.25) is 10.0 Å². The molecule has 1 unspecified atom stereocenters. The maximum Gasteiger partial charge on any atom is 0.244 e. The molecule has 0 aliphatic rings. The maximum atomic E-state index is 12.2. The van der Waals surface area contributed by atoms with Crippen molar-refractivity contribution in [3.05, 3.63) is 18.2 Å². The predicted octanol–water partition coefficient (Wildman–Crippen LogP) is 1.00. The molecular formula is C13H21NO5S. The minimum Gasteiger partial charge on any atom is -0.497 e. The second kappa shape index (κ2) is 7.47. The van der Waals surface area contributed by atoms with E-state index < -0.39 is 10.0 Å². The molecule has 2 N–H and O–H groups in total. The smallest absolute Gasteiger partial charge is 0.244 e. The van der Waals surface area contributed by atoms with Gasteiger partial charge in [-0.3, -0.25) is 0 Å².